The minimum Gasteiger partial charge on any atom is -0.466 e. The van der Waals surface area contributed by atoms with Crippen molar-refractivity contribution in [3.63, 3.8) is 0 Å². The minimum absolute atomic E-state index is 0.168. The fourth-order valence-corrected chi connectivity index (χ4v) is 2.38. The van der Waals surface area contributed by atoms with Gasteiger partial charge in [0.15, 0.2) is 5.11 Å². The topological polar surface area (TPSA) is 87.9 Å². The highest BCUT2D eigenvalue weighted by atomic mass is 32.1. The Bertz CT molecular complexity index is 534. The van der Waals surface area contributed by atoms with Crippen LogP contribution in [0.25, 0.3) is 0 Å². The highest BCUT2D eigenvalue weighted by Gasteiger charge is 2.31. The van der Waals surface area contributed by atoms with Crippen LogP contribution in [0.1, 0.15) is 30.3 Å². The molecule has 2 rings (SSSR count). The molecule has 0 radical (unpaired) electrons. The molecule has 0 aliphatic carbocycles. The molecule has 0 saturated carbocycles. The van der Waals surface area contributed by atoms with Gasteiger partial charge in [0.1, 0.15) is 0 Å². The first kappa shape index (κ1) is 16.2. The van der Waals surface area contributed by atoms with Crippen molar-refractivity contribution < 1.29 is 18.8 Å². The normalized spacial score (nSPS) is 14.0. The van der Waals surface area contributed by atoms with E-state index in [1.807, 2.05) is 0 Å². The van der Waals surface area contributed by atoms with Crippen LogP contribution < -0.4 is 5.32 Å². The van der Waals surface area contributed by atoms with Gasteiger partial charge < -0.3 is 14.6 Å². The molecule has 0 bridgehead atoms. The molecule has 1 fully saturated rings. The molecule has 0 atom stereocenters. The number of esters is 1. The van der Waals surface area contributed by atoms with Crippen molar-refractivity contribution in [2.45, 2.75) is 19.8 Å². The third kappa shape index (κ3) is 3.94. The molecule has 0 aromatic carbocycles. The second-order valence-corrected chi connectivity index (χ2v) is 4.96. The highest BCUT2D eigenvalue weighted by Crippen LogP contribution is 2.15. The van der Waals surface area contributed by atoms with Crippen molar-refractivity contribution in [1.29, 1.82) is 0 Å². The zero-order valence-corrected chi connectivity index (χ0v) is 13.1. The third-order valence-electron chi connectivity index (χ3n) is 3.06. The lowest BCUT2D eigenvalue weighted by Gasteiger charge is -2.29. The van der Waals surface area contributed by atoms with Gasteiger partial charge in [-0.3, -0.25) is 14.6 Å². The first-order chi connectivity index (χ1) is 10.6. The number of hydrazine groups is 1. The van der Waals surface area contributed by atoms with Gasteiger partial charge >= 0.3 is 11.9 Å². The number of carbonyl (C=O) groups excluding carboxylic acids is 2. The van der Waals surface area contributed by atoms with Crippen LogP contribution in [-0.2, 0) is 9.53 Å². The quantitative estimate of drug-likeness (QED) is 0.620. The second kappa shape index (κ2) is 7.74. The summed E-state index contributed by atoms with van der Waals surface area (Å²) in [6.07, 6.45) is 2.45. The molecule has 8 nitrogen and oxygen atoms in total. The molecule has 1 N–H and O–H groups in total. The fourth-order valence-electron chi connectivity index (χ4n) is 2.08. The van der Waals surface area contributed by atoms with Crippen LogP contribution in [0.4, 0.5) is 0 Å². The summed E-state index contributed by atoms with van der Waals surface area (Å²) in [5.41, 5.74) is 0. The zero-order valence-electron chi connectivity index (χ0n) is 12.3. The summed E-state index contributed by atoms with van der Waals surface area (Å²) in [6.45, 7) is 3.66. The lowest BCUT2D eigenvalue weighted by molar-refractivity contribution is -0.142. The van der Waals surface area contributed by atoms with Crippen LogP contribution in [0.15, 0.2) is 16.8 Å². The molecular weight excluding hydrogens is 308 g/mol. The number of rotatable bonds is 5. The zero-order chi connectivity index (χ0) is 15.9. The summed E-state index contributed by atoms with van der Waals surface area (Å²) < 4.78 is 9.72. The van der Waals surface area contributed by atoms with E-state index in [-0.39, 0.29) is 24.1 Å². The van der Waals surface area contributed by atoms with Crippen LogP contribution in [0, 0.1) is 0 Å². The van der Waals surface area contributed by atoms with Crippen molar-refractivity contribution in [2.75, 3.05) is 26.2 Å². The summed E-state index contributed by atoms with van der Waals surface area (Å²) in [6, 6.07) is 1.51. The van der Waals surface area contributed by atoms with Gasteiger partial charge in [0.2, 0.25) is 5.76 Å². The van der Waals surface area contributed by atoms with Crippen molar-refractivity contribution >= 4 is 29.2 Å². The molecule has 1 aromatic rings. The first-order valence-corrected chi connectivity index (χ1v) is 7.47. The monoisotopic (exact) mass is 326 g/mol. The average Bonchev–Trinajstić information content (AvgIpc) is 3.18. The van der Waals surface area contributed by atoms with Crippen LogP contribution in [0.5, 0.6) is 0 Å². The number of amides is 1. The maximum Gasteiger partial charge on any atom is 0.311 e. The van der Waals surface area contributed by atoms with Gasteiger partial charge in [-0.15, -0.1) is 0 Å². The number of hydrogen-bond acceptors (Lipinski definition) is 6. The Morgan fingerprint density at radius 2 is 2.23 bits per heavy atom. The number of hydrogen-bond donors (Lipinski definition) is 1. The predicted molar refractivity (Wildman–Crippen MR) is 80.7 cm³/mol. The van der Waals surface area contributed by atoms with Crippen molar-refractivity contribution in [1.82, 2.24) is 20.5 Å². The van der Waals surface area contributed by atoms with Crippen molar-refractivity contribution in [3.8, 4) is 0 Å². The Labute approximate surface area is 133 Å². The van der Waals surface area contributed by atoms with Gasteiger partial charge in [0, 0.05) is 25.7 Å². The van der Waals surface area contributed by atoms with Gasteiger partial charge in [-0.25, -0.2) is 5.01 Å². The lowest BCUT2D eigenvalue weighted by atomic mass is 10.4. The van der Waals surface area contributed by atoms with E-state index in [1.165, 1.54) is 17.3 Å². The Balaban J connectivity index is 1.86. The van der Waals surface area contributed by atoms with Gasteiger partial charge in [-0.05, 0) is 25.6 Å². The summed E-state index contributed by atoms with van der Waals surface area (Å²) in [5, 5.41) is 10.1. The lowest BCUT2D eigenvalue weighted by Crippen LogP contribution is -2.49. The van der Waals surface area contributed by atoms with Crippen molar-refractivity contribution in [2.24, 2.45) is 0 Å². The summed E-state index contributed by atoms with van der Waals surface area (Å²) in [7, 11) is 0. The SMILES string of the molecule is CCOC(=O)CCNC(=S)N1CCCN1C(=O)c1ccno1. The van der Waals surface area contributed by atoms with Gasteiger partial charge in [-0.1, -0.05) is 5.16 Å². The number of aromatic nitrogens is 1. The molecule has 9 heteroatoms. The molecule has 1 aromatic heterocycles. The molecular formula is C13H18N4O4S. The van der Waals surface area contributed by atoms with E-state index in [9.17, 15) is 9.59 Å². The minimum atomic E-state index is -0.287. The molecule has 1 saturated heterocycles. The number of carbonyl (C=O) groups is 2. The maximum atomic E-state index is 12.3. The van der Waals surface area contributed by atoms with Crippen LogP contribution >= 0.6 is 12.2 Å². The molecule has 0 unspecified atom stereocenters. The number of ether oxygens (including phenoxy) is 1. The van der Waals surface area contributed by atoms with E-state index < -0.39 is 0 Å². The standard InChI is InChI=1S/C13H18N4O4S/c1-2-20-11(18)5-6-14-13(22)17-9-3-8-16(17)12(19)10-4-7-15-21-10/h4,7H,2-3,5-6,8-9H2,1H3,(H,14,22). The van der Waals surface area contributed by atoms with E-state index in [1.54, 1.807) is 11.9 Å². The maximum absolute atomic E-state index is 12.3. The molecule has 0 spiro atoms. The largest absolute Gasteiger partial charge is 0.466 e. The predicted octanol–water partition coefficient (Wildman–Crippen LogP) is 0.565. The number of nitrogens with one attached hydrogen (secondary N) is 1. The van der Waals surface area contributed by atoms with E-state index in [0.717, 1.165) is 6.42 Å². The average molecular weight is 326 g/mol. The van der Waals surface area contributed by atoms with E-state index >= 15 is 0 Å². The Morgan fingerprint density at radius 3 is 2.91 bits per heavy atom. The number of nitrogens with zero attached hydrogens (tertiary/aromatic N) is 3. The van der Waals surface area contributed by atoms with Gasteiger partial charge in [0.25, 0.3) is 0 Å². The van der Waals surface area contributed by atoms with E-state index in [2.05, 4.69) is 10.5 Å². The fraction of sp³-hybridized carbons (Fsp3) is 0.538. The third-order valence-corrected chi connectivity index (χ3v) is 3.41. The second-order valence-electron chi connectivity index (χ2n) is 4.57. The van der Waals surface area contributed by atoms with E-state index in [0.29, 0.717) is 31.4 Å². The molecule has 1 aliphatic rings. The number of thiocarbonyl (C=S) groups is 1. The van der Waals surface area contributed by atoms with Crippen LogP contribution in [0.2, 0.25) is 0 Å². The molecule has 2 heterocycles. The summed E-state index contributed by atoms with van der Waals surface area (Å²) >= 11 is 5.28. The molecule has 120 valence electrons. The first-order valence-electron chi connectivity index (χ1n) is 7.07. The Kier molecular flexibility index (Phi) is 5.70. The molecule has 1 amide bonds. The summed E-state index contributed by atoms with van der Waals surface area (Å²) in [5.74, 6) is -0.403. The highest BCUT2D eigenvalue weighted by molar-refractivity contribution is 7.80. The van der Waals surface area contributed by atoms with E-state index in [4.69, 9.17) is 21.5 Å². The smallest absolute Gasteiger partial charge is 0.311 e. The molecule has 1 aliphatic heterocycles. The summed E-state index contributed by atoms with van der Waals surface area (Å²) in [4.78, 5) is 23.5. The van der Waals surface area contributed by atoms with Crippen LogP contribution in [-0.4, -0.2) is 58.4 Å². The Hall–Kier alpha value is -2.16. The van der Waals surface area contributed by atoms with Gasteiger partial charge in [0.05, 0.1) is 19.2 Å². The Morgan fingerprint density at radius 1 is 1.45 bits per heavy atom. The van der Waals surface area contributed by atoms with Crippen molar-refractivity contribution in [3.05, 3.63) is 18.0 Å². The van der Waals surface area contributed by atoms with Crippen LogP contribution in [0.3, 0.4) is 0 Å². The van der Waals surface area contributed by atoms with Gasteiger partial charge in [-0.2, -0.15) is 0 Å². The molecule has 22 heavy (non-hydrogen) atoms.